The minimum absolute atomic E-state index is 0. The summed E-state index contributed by atoms with van der Waals surface area (Å²) >= 11 is 0. The molecule has 3 amide bonds. The zero-order chi connectivity index (χ0) is 41.9. The van der Waals surface area contributed by atoms with E-state index in [-0.39, 0.29) is 53.9 Å². The van der Waals surface area contributed by atoms with Crippen molar-refractivity contribution < 1.29 is 18.8 Å². The van der Waals surface area contributed by atoms with Crippen molar-refractivity contribution in [2.45, 2.75) is 116 Å². The van der Waals surface area contributed by atoms with Crippen LogP contribution in [0.25, 0.3) is 22.3 Å². The molecule has 0 unspecified atom stereocenters. The highest BCUT2D eigenvalue weighted by atomic mass is 35.5. The molecule has 2 aromatic heterocycles. The van der Waals surface area contributed by atoms with Crippen LogP contribution in [0.4, 0.5) is 21.6 Å². The third-order valence-electron chi connectivity index (χ3n) is 13.6. The number of fused-ring (bicyclic) bond motifs is 3. The highest BCUT2D eigenvalue weighted by Crippen LogP contribution is 2.52. The summed E-state index contributed by atoms with van der Waals surface area (Å²) < 4.78 is 17.8. The molecule has 3 N–H and O–H groups in total. The molecule has 1 spiro atoms. The Balaban J connectivity index is 0.00000514. The molecule has 12 nitrogen and oxygen atoms in total. The molecule has 61 heavy (non-hydrogen) atoms. The maximum Gasteiger partial charge on any atom is 0.251 e. The zero-order valence-corrected chi connectivity index (χ0v) is 36.8. The van der Waals surface area contributed by atoms with Gasteiger partial charge < -0.3 is 35.2 Å². The van der Waals surface area contributed by atoms with Crippen LogP contribution in [0.15, 0.2) is 54.4 Å². The molecule has 2 saturated heterocycles. The topological polar surface area (TPSA) is 128 Å². The fraction of sp³-hybridized carbons (Fsp3) is 0.511. The van der Waals surface area contributed by atoms with E-state index in [1.807, 2.05) is 41.5 Å². The number of rotatable bonds is 9. The number of carbonyl (C=O) groups excluding carboxylic acids is 3. The molecule has 324 valence electrons. The third-order valence-corrected chi connectivity index (χ3v) is 13.6. The third kappa shape index (κ3) is 7.82. The summed E-state index contributed by atoms with van der Waals surface area (Å²) in [5, 5.41) is 9.49. The average molecular weight is 852 g/mol. The lowest BCUT2D eigenvalue weighted by atomic mass is 9.73. The van der Waals surface area contributed by atoms with E-state index >= 15 is 9.18 Å². The van der Waals surface area contributed by atoms with Crippen LogP contribution in [0.5, 0.6) is 0 Å². The lowest BCUT2D eigenvalue weighted by Crippen LogP contribution is -2.58. The number of benzene rings is 2. The summed E-state index contributed by atoms with van der Waals surface area (Å²) in [5.74, 6) is -0.103. The molecular formula is C47H59ClFN9O3. The van der Waals surface area contributed by atoms with Gasteiger partial charge in [-0.3, -0.25) is 14.4 Å². The SMILES string of the molecule is Cc1cc(F)c(Nc2nc(-c3ccc4c(c3)N(C3CC(N5CCCCC5)C3)C(=O)C43CCN(C(=O)C4=CCNCC4)CC3)cc3ncn(C(C)C)c23)cc1C(=O)NC(C)C.Cl. The van der Waals surface area contributed by atoms with Gasteiger partial charge in [0.05, 0.1) is 28.6 Å². The largest absolute Gasteiger partial charge is 0.350 e. The molecule has 9 rings (SSSR count). The second-order valence-corrected chi connectivity index (χ2v) is 18.2. The van der Waals surface area contributed by atoms with Crippen molar-refractivity contribution in [1.82, 2.24) is 35.0 Å². The normalized spacial score (nSPS) is 21.4. The predicted octanol–water partition coefficient (Wildman–Crippen LogP) is 7.57. The molecule has 0 bridgehead atoms. The van der Waals surface area contributed by atoms with Gasteiger partial charge in [0.25, 0.3) is 5.91 Å². The number of aryl methyl sites for hydroxylation is 1. The van der Waals surface area contributed by atoms with Gasteiger partial charge in [0.15, 0.2) is 5.82 Å². The second-order valence-electron chi connectivity index (χ2n) is 18.2. The van der Waals surface area contributed by atoms with Crippen molar-refractivity contribution >= 4 is 58.4 Å². The van der Waals surface area contributed by atoms with Gasteiger partial charge in [-0.25, -0.2) is 14.4 Å². The van der Waals surface area contributed by atoms with E-state index in [4.69, 9.17) is 9.97 Å². The summed E-state index contributed by atoms with van der Waals surface area (Å²) in [6.45, 7) is 14.5. The molecule has 1 saturated carbocycles. The number of amides is 3. The van der Waals surface area contributed by atoms with Crippen molar-refractivity contribution in [2.24, 2.45) is 0 Å². The Morgan fingerprint density at radius 1 is 0.967 bits per heavy atom. The molecule has 6 heterocycles. The first-order valence-electron chi connectivity index (χ1n) is 22.1. The van der Waals surface area contributed by atoms with Crippen LogP contribution in [-0.2, 0) is 15.0 Å². The Bertz CT molecular complexity index is 2370. The van der Waals surface area contributed by atoms with E-state index in [1.54, 1.807) is 19.3 Å². The Hall–Kier alpha value is -4.85. The van der Waals surface area contributed by atoms with Gasteiger partial charge in [-0.2, -0.15) is 0 Å². The number of nitrogens with one attached hydrogen (secondary N) is 3. The number of hydrogen-bond acceptors (Lipinski definition) is 8. The molecule has 5 aliphatic rings. The smallest absolute Gasteiger partial charge is 0.251 e. The first-order valence-corrected chi connectivity index (χ1v) is 22.1. The molecule has 2 aromatic carbocycles. The van der Waals surface area contributed by atoms with Gasteiger partial charge in [-0.1, -0.05) is 24.6 Å². The number of hydrogen-bond donors (Lipinski definition) is 3. The zero-order valence-electron chi connectivity index (χ0n) is 36.0. The first kappa shape index (κ1) is 42.8. The number of likely N-dealkylation sites (tertiary alicyclic amines) is 2. The monoisotopic (exact) mass is 851 g/mol. The molecule has 3 fully saturated rings. The Morgan fingerprint density at radius 3 is 2.41 bits per heavy atom. The van der Waals surface area contributed by atoms with Crippen molar-refractivity contribution in [1.29, 1.82) is 0 Å². The number of halogens is 2. The highest BCUT2D eigenvalue weighted by molar-refractivity contribution is 6.10. The second kappa shape index (κ2) is 17.1. The van der Waals surface area contributed by atoms with Crippen LogP contribution in [0.3, 0.4) is 0 Å². The first-order chi connectivity index (χ1) is 28.9. The molecule has 0 radical (unpaired) electrons. The quantitative estimate of drug-likeness (QED) is 0.158. The number of piperidine rings is 2. The van der Waals surface area contributed by atoms with Crippen molar-refractivity contribution in [3.63, 3.8) is 0 Å². The van der Waals surface area contributed by atoms with Gasteiger partial charge in [0.2, 0.25) is 11.8 Å². The van der Waals surface area contributed by atoms with Crippen molar-refractivity contribution in [3.8, 4) is 11.3 Å². The standard InChI is InChI=1S/C47H58FN9O3.ClH/c1-28(2)51-44(58)35-25-39(37(48)21-30(35)5)53-43-42-40(50-27-56(42)29(3)4)26-38(52-43)32-9-10-36-41(22-32)57(34-23-33(24-34)54-17-7-6-8-18-54)46(60)47(36)13-19-55(20-14-47)45(59)31-11-15-49-16-12-31;/h9-11,21-22,25-29,33-34,49H,6-8,12-20,23-24H2,1-5H3,(H,51,58)(H,52,53);1H. The molecular weight excluding hydrogens is 793 g/mol. The van der Waals surface area contributed by atoms with Crippen molar-refractivity contribution in [2.75, 3.05) is 49.5 Å². The van der Waals surface area contributed by atoms with Gasteiger partial charge in [0, 0.05) is 66.2 Å². The van der Waals surface area contributed by atoms with E-state index in [0.29, 0.717) is 66.7 Å². The maximum atomic E-state index is 15.8. The minimum atomic E-state index is -0.702. The number of aromatic nitrogens is 3. The molecule has 14 heteroatoms. The van der Waals surface area contributed by atoms with E-state index in [0.717, 1.165) is 66.8 Å². The summed E-state index contributed by atoms with van der Waals surface area (Å²) in [7, 11) is 0. The Labute approximate surface area is 364 Å². The fourth-order valence-corrected chi connectivity index (χ4v) is 10.2. The van der Waals surface area contributed by atoms with Crippen LogP contribution < -0.4 is 20.9 Å². The summed E-state index contributed by atoms with van der Waals surface area (Å²) in [5.41, 5.74) is 6.05. The molecule has 1 aliphatic carbocycles. The van der Waals surface area contributed by atoms with E-state index in [1.165, 1.54) is 25.3 Å². The molecule has 4 aromatic rings. The van der Waals surface area contributed by atoms with Crippen LogP contribution >= 0.6 is 12.4 Å². The average Bonchev–Trinajstić information content (AvgIpc) is 3.76. The summed E-state index contributed by atoms with van der Waals surface area (Å²) in [6.07, 6.45) is 11.3. The number of imidazole rings is 1. The number of carbonyl (C=O) groups is 3. The van der Waals surface area contributed by atoms with E-state index < -0.39 is 11.2 Å². The summed E-state index contributed by atoms with van der Waals surface area (Å²) in [6, 6.07) is 11.7. The molecule has 0 atom stereocenters. The van der Waals surface area contributed by atoms with E-state index in [9.17, 15) is 9.59 Å². The maximum absolute atomic E-state index is 15.8. The van der Waals surface area contributed by atoms with Crippen LogP contribution in [0.1, 0.15) is 107 Å². The van der Waals surface area contributed by atoms with Gasteiger partial charge in [0.1, 0.15) is 11.3 Å². The van der Waals surface area contributed by atoms with Crippen molar-refractivity contribution in [3.05, 3.63) is 76.9 Å². The number of anilines is 3. The van der Waals surface area contributed by atoms with Gasteiger partial charge >= 0.3 is 0 Å². The van der Waals surface area contributed by atoms with Crippen LogP contribution in [0.2, 0.25) is 0 Å². The number of nitrogens with zero attached hydrogens (tertiary/aromatic N) is 6. The lowest BCUT2D eigenvalue weighted by Gasteiger charge is -2.48. The highest BCUT2D eigenvalue weighted by Gasteiger charge is 2.56. The molecule has 4 aliphatic heterocycles. The fourth-order valence-electron chi connectivity index (χ4n) is 10.2. The predicted molar refractivity (Wildman–Crippen MR) is 240 cm³/mol. The van der Waals surface area contributed by atoms with Gasteiger partial charge in [-0.05, 0) is 135 Å². The summed E-state index contributed by atoms with van der Waals surface area (Å²) in [4.78, 5) is 58.4. The van der Waals surface area contributed by atoms with Crippen LogP contribution in [-0.4, -0.2) is 99.5 Å². The van der Waals surface area contributed by atoms with Crippen LogP contribution in [0, 0.1) is 12.7 Å². The Kier molecular flexibility index (Phi) is 12.0. The number of pyridine rings is 1. The minimum Gasteiger partial charge on any atom is -0.350 e. The van der Waals surface area contributed by atoms with E-state index in [2.05, 4.69) is 51.7 Å². The van der Waals surface area contributed by atoms with Gasteiger partial charge in [-0.15, -0.1) is 12.4 Å². The lowest BCUT2D eigenvalue weighted by molar-refractivity contribution is -0.133. The Morgan fingerprint density at radius 2 is 1.72 bits per heavy atom.